The van der Waals surface area contributed by atoms with Gasteiger partial charge in [-0.2, -0.15) is 26.3 Å². The van der Waals surface area contributed by atoms with Gasteiger partial charge in [0.1, 0.15) is 6.33 Å². The predicted octanol–water partition coefficient (Wildman–Crippen LogP) is 3.35. The molecule has 4 rings (SSSR count). The third-order valence-electron chi connectivity index (χ3n) is 3.78. The van der Waals surface area contributed by atoms with Gasteiger partial charge in [0.05, 0.1) is 11.1 Å². The number of hydrogen-bond acceptors (Lipinski definition) is 8. The molecule has 9 nitrogen and oxygen atoms in total. The zero-order valence-corrected chi connectivity index (χ0v) is 15.4. The molecular formula is C15H7ClF3N5O4S. The molecule has 2 heterocycles. The van der Waals surface area contributed by atoms with Crippen molar-refractivity contribution in [3.63, 3.8) is 0 Å². The molecular weight excluding hydrogens is 439 g/mol. The molecule has 0 spiro atoms. The van der Waals surface area contributed by atoms with Crippen molar-refractivity contribution in [3.05, 3.63) is 47.7 Å². The quantitative estimate of drug-likeness (QED) is 0.347. The van der Waals surface area contributed by atoms with Crippen LogP contribution in [-0.4, -0.2) is 39.3 Å². The van der Waals surface area contributed by atoms with Crippen LogP contribution >= 0.6 is 11.6 Å². The minimum atomic E-state index is -5.88. The van der Waals surface area contributed by atoms with Crippen molar-refractivity contribution in [2.24, 2.45) is 0 Å². The molecule has 0 unspecified atom stereocenters. The van der Waals surface area contributed by atoms with Crippen molar-refractivity contribution >= 4 is 32.7 Å². The molecule has 4 aromatic rings. The Morgan fingerprint density at radius 3 is 2.62 bits per heavy atom. The highest BCUT2D eigenvalue weighted by molar-refractivity contribution is 7.88. The average Bonchev–Trinajstić information content (AvgIpc) is 3.30. The second-order valence-electron chi connectivity index (χ2n) is 5.60. The summed E-state index contributed by atoms with van der Waals surface area (Å²) in [5.41, 5.74) is -3.92. The van der Waals surface area contributed by atoms with Crippen molar-refractivity contribution < 1.29 is 30.3 Å². The summed E-state index contributed by atoms with van der Waals surface area (Å²) >= 11 is 6.08. The van der Waals surface area contributed by atoms with E-state index >= 15 is 0 Å². The highest BCUT2D eigenvalue weighted by atomic mass is 35.5. The number of benzene rings is 2. The van der Waals surface area contributed by atoms with E-state index in [0.717, 1.165) is 0 Å². The molecule has 0 amide bonds. The number of fused-ring (bicyclic) bond motifs is 1. The maximum Gasteiger partial charge on any atom is 0.534 e. The van der Waals surface area contributed by atoms with Gasteiger partial charge in [-0.3, -0.25) is 0 Å². The molecule has 0 saturated heterocycles. The molecule has 0 aliphatic heterocycles. The summed E-state index contributed by atoms with van der Waals surface area (Å²) in [6.07, 6.45) is 1.37. The molecule has 29 heavy (non-hydrogen) atoms. The zero-order chi connectivity index (χ0) is 20.8. The SMILES string of the molecule is O=S(=O)(Oc1noc2cc(-c3cc(Cl)ccc3-n3cnnn3)ccc12)C(F)(F)F. The van der Waals surface area contributed by atoms with E-state index in [9.17, 15) is 21.6 Å². The number of nitrogens with zero attached hydrogens (tertiary/aromatic N) is 5. The van der Waals surface area contributed by atoms with Crippen molar-refractivity contribution in [1.82, 2.24) is 25.4 Å². The normalized spacial score (nSPS) is 12.4. The Balaban J connectivity index is 1.79. The Labute approximate surface area is 164 Å². The summed E-state index contributed by atoms with van der Waals surface area (Å²) < 4.78 is 70.4. The maximum atomic E-state index is 12.5. The molecule has 150 valence electrons. The van der Waals surface area contributed by atoms with Crippen molar-refractivity contribution in [2.45, 2.75) is 5.51 Å². The third kappa shape index (κ3) is 3.49. The summed E-state index contributed by atoms with van der Waals surface area (Å²) in [6.45, 7) is 0. The Kier molecular flexibility index (Phi) is 4.42. The van der Waals surface area contributed by atoms with Crippen LogP contribution in [0.15, 0.2) is 47.2 Å². The fourth-order valence-electron chi connectivity index (χ4n) is 2.50. The summed E-state index contributed by atoms with van der Waals surface area (Å²) in [5, 5.41) is 14.6. The highest BCUT2D eigenvalue weighted by Gasteiger charge is 2.49. The lowest BCUT2D eigenvalue weighted by Crippen LogP contribution is -2.28. The van der Waals surface area contributed by atoms with Gasteiger partial charge in [-0.15, -0.1) is 5.10 Å². The zero-order valence-electron chi connectivity index (χ0n) is 13.8. The lowest BCUT2D eigenvalue weighted by Gasteiger charge is -2.09. The van der Waals surface area contributed by atoms with E-state index in [1.54, 1.807) is 18.2 Å². The molecule has 0 N–H and O–H groups in total. The molecule has 14 heteroatoms. The topological polar surface area (TPSA) is 113 Å². The van der Waals surface area contributed by atoms with Gasteiger partial charge in [0.15, 0.2) is 5.58 Å². The fraction of sp³-hybridized carbons (Fsp3) is 0.0667. The van der Waals surface area contributed by atoms with E-state index < -0.39 is 21.5 Å². The maximum absolute atomic E-state index is 12.5. The number of rotatable bonds is 4. The van der Waals surface area contributed by atoms with Crippen molar-refractivity contribution in [3.8, 4) is 22.7 Å². The monoisotopic (exact) mass is 445 g/mol. The molecule has 0 atom stereocenters. The average molecular weight is 446 g/mol. The van der Waals surface area contributed by atoms with Crippen LogP contribution in [0.5, 0.6) is 5.88 Å². The second kappa shape index (κ2) is 6.70. The Bertz CT molecular complexity index is 1310. The number of halogens is 4. The molecule has 0 fully saturated rings. The van der Waals surface area contributed by atoms with Gasteiger partial charge in [0, 0.05) is 10.6 Å². The van der Waals surface area contributed by atoms with Gasteiger partial charge < -0.3 is 8.71 Å². The first kappa shape index (κ1) is 19.1. The molecule has 0 bridgehead atoms. The van der Waals surface area contributed by atoms with Crippen molar-refractivity contribution in [2.75, 3.05) is 0 Å². The molecule has 0 radical (unpaired) electrons. The minimum Gasteiger partial charge on any atom is -0.352 e. The molecule has 2 aromatic carbocycles. The van der Waals surface area contributed by atoms with Gasteiger partial charge in [-0.25, -0.2) is 0 Å². The Hall–Kier alpha value is -3.19. The number of tetrazole rings is 1. The standard InChI is InChI=1S/C15H7ClF3N5O4S/c16-9-2-4-12(24-7-20-22-23-24)11(6-9)8-1-3-10-13(5-8)27-21-14(10)28-29(25,26)15(17,18)19/h1-7H. The van der Waals surface area contributed by atoms with Gasteiger partial charge in [-0.05, 0) is 51.5 Å². The van der Waals surface area contributed by atoms with Crippen LogP contribution in [0.2, 0.25) is 5.02 Å². The lowest BCUT2D eigenvalue weighted by atomic mass is 10.0. The molecule has 0 saturated carbocycles. The Morgan fingerprint density at radius 2 is 1.93 bits per heavy atom. The second-order valence-corrected chi connectivity index (χ2v) is 7.57. The van der Waals surface area contributed by atoms with E-state index in [1.165, 1.54) is 29.2 Å². The van der Waals surface area contributed by atoms with Crippen molar-refractivity contribution in [1.29, 1.82) is 0 Å². The summed E-state index contributed by atoms with van der Waals surface area (Å²) in [5.74, 6) is -0.823. The number of aromatic nitrogens is 5. The lowest BCUT2D eigenvalue weighted by molar-refractivity contribution is -0.0501. The van der Waals surface area contributed by atoms with Crippen LogP contribution in [0, 0.1) is 0 Å². The Morgan fingerprint density at radius 1 is 1.14 bits per heavy atom. The van der Waals surface area contributed by atoms with E-state index in [1.807, 2.05) is 0 Å². The third-order valence-corrected chi connectivity index (χ3v) is 4.96. The molecule has 0 aliphatic carbocycles. The fourth-order valence-corrected chi connectivity index (χ4v) is 3.10. The van der Waals surface area contributed by atoms with Crippen LogP contribution in [-0.2, 0) is 10.1 Å². The van der Waals surface area contributed by atoms with Gasteiger partial charge >= 0.3 is 15.6 Å². The van der Waals surface area contributed by atoms with E-state index in [0.29, 0.717) is 21.8 Å². The smallest absolute Gasteiger partial charge is 0.352 e. The van der Waals surface area contributed by atoms with E-state index in [2.05, 4.69) is 24.9 Å². The van der Waals surface area contributed by atoms with Crippen LogP contribution in [0.3, 0.4) is 0 Å². The van der Waals surface area contributed by atoms with E-state index in [-0.39, 0.29) is 11.0 Å². The van der Waals surface area contributed by atoms with Crippen LogP contribution < -0.4 is 4.18 Å². The number of alkyl halides is 3. The predicted molar refractivity (Wildman–Crippen MR) is 92.8 cm³/mol. The first-order chi connectivity index (χ1) is 13.7. The first-order valence-electron chi connectivity index (χ1n) is 7.59. The molecule has 2 aromatic heterocycles. The number of hydrogen-bond donors (Lipinski definition) is 0. The minimum absolute atomic E-state index is 0.00230. The highest BCUT2D eigenvalue weighted by Crippen LogP contribution is 2.35. The summed E-state index contributed by atoms with van der Waals surface area (Å²) in [6, 6.07) is 9.18. The van der Waals surface area contributed by atoms with Crippen LogP contribution in [0.1, 0.15) is 0 Å². The van der Waals surface area contributed by atoms with Gasteiger partial charge in [0.2, 0.25) is 0 Å². The van der Waals surface area contributed by atoms with E-state index in [4.69, 9.17) is 16.1 Å². The first-order valence-corrected chi connectivity index (χ1v) is 9.38. The van der Waals surface area contributed by atoms with Gasteiger partial charge in [0.25, 0.3) is 5.88 Å². The van der Waals surface area contributed by atoms with Crippen LogP contribution in [0.25, 0.3) is 27.8 Å². The van der Waals surface area contributed by atoms with Gasteiger partial charge in [-0.1, -0.05) is 17.7 Å². The largest absolute Gasteiger partial charge is 0.534 e. The summed E-state index contributed by atoms with van der Waals surface area (Å²) in [7, 11) is -5.88. The molecule has 0 aliphatic rings. The summed E-state index contributed by atoms with van der Waals surface area (Å²) in [4.78, 5) is 0. The van der Waals surface area contributed by atoms with Crippen LogP contribution in [0.4, 0.5) is 13.2 Å².